The molecule has 0 heterocycles. The van der Waals surface area contributed by atoms with Gasteiger partial charge in [0.25, 0.3) is 0 Å². The van der Waals surface area contributed by atoms with Gasteiger partial charge in [-0.25, -0.2) is 0 Å². The largest absolute Gasteiger partial charge is 0.394 e. The molecule has 3 nitrogen and oxygen atoms in total. The van der Waals surface area contributed by atoms with Gasteiger partial charge in [0.2, 0.25) is 5.91 Å². The first-order valence-electron chi connectivity index (χ1n) is 3.82. The summed E-state index contributed by atoms with van der Waals surface area (Å²) in [4.78, 5) is 10.7. The molecule has 0 aromatic carbocycles. The Labute approximate surface area is 67.8 Å². The van der Waals surface area contributed by atoms with E-state index >= 15 is 0 Å². The number of hydrogen-bond donors (Lipinski definition) is 2. The van der Waals surface area contributed by atoms with Crippen molar-refractivity contribution in [2.75, 3.05) is 6.61 Å². The normalized spacial score (nSPS) is 16.2. The monoisotopic (exact) mass is 159 g/mol. The fraction of sp³-hybridized carbons (Fsp3) is 0.875. The summed E-state index contributed by atoms with van der Waals surface area (Å²) in [6.07, 6.45) is 0. The summed E-state index contributed by atoms with van der Waals surface area (Å²) in [6, 6.07) is 0. The van der Waals surface area contributed by atoms with Crippen molar-refractivity contribution in [1.82, 2.24) is 5.32 Å². The van der Waals surface area contributed by atoms with Gasteiger partial charge in [0.1, 0.15) is 0 Å². The predicted octanol–water partition coefficient (Wildman–Crippen LogP) is 0.529. The van der Waals surface area contributed by atoms with Gasteiger partial charge in [-0.15, -0.1) is 0 Å². The van der Waals surface area contributed by atoms with E-state index in [0.717, 1.165) is 0 Å². The molecule has 0 aromatic heterocycles. The standard InChI is InChI=1S/C8H17NO2/c1-6(2)8(4,5-10)9-7(3)11/h6,10H,5H2,1-4H3,(H,9,11). The van der Waals surface area contributed by atoms with Crippen LogP contribution in [0.3, 0.4) is 0 Å². The highest BCUT2D eigenvalue weighted by Crippen LogP contribution is 2.14. The third-order valence-corrected chi connectivity index (χ3v) is 2.06. The van der Waals surface area contributed by atoms with Crippen molar-refractivity contribution in [1.29, 1.82) is 0 Å². The topological polar surface area (TPSA) is 49.3 Å². The number of nitrogens with one attached hydrogen (secondary N) is 1. The molecule has 0 aromatic rings. The maximum atomic E-state index is 10.7. The Hall–Kier alpha value is -0.570. The van der Waals surface area contributed by atoms with E-state index in [4.69, 9.17) is 5.11 Å². The lowest BCUT2D eigenvalue weighted by Gasteiger charge is -2.32. The van der Waals surface area contributed by atoms with E-state index < -0.39 is 5.54 Å². The van der Waals surface area contributed by atoms with Crippen LogP contribution in [0.4, 0.5) is 0 Å². The van der Waals surface area contributed by atoms with Crippen LogP contribution in [0, 0.1) is 5.92 Å². The highest BCUT2D eigenvalue weighted by Gasteiger charge is 2.27. The lowest BCUT2D eigenvalue weighted by Crippen LogP contribution is -2.52. The second kappa shape index (κ2) is 3.72. The molecule has 0 rings (SSSR count). The third kappa shape index (κ3) is 2.89. The van der Waals surface area contributed by atoms with Gasteiger partial charge < -0.3 is 10.4 Å². The van der Waals surface area contributed by atoms with Crippen molar-refractivity contribution < 1.29 is 9.90 Å². The van der Waals surface area contributed by atoms with Gasteiger partial charge in [-0.3, -0.25) is 4.79 Å². The zero-order valence-electron chi connectivity index (χ0n) is 7.64. The molecular weight excluding hydrogens is 142 g/mol. The molecule has 0 aliphatic carbocycles. The zero-order valence-corrected chi connectivity index (χ0v) is 7.64. The summed E-state index contributed by atoms with van der Waals surface area (Å²) < 4.78 is 0. The van der Waals surface area contributed by atoms with E-state index in [0.29, 0.717) is 0 Å². The van der Waals surface area contributed by atoms with Crippen LogP contribution < -0.4 is 5.32 Å². The third-order valence-electron chi connectivity index (χ3n) is 2.06. The molecule has 1 amide bonds. The summed E-state index contributed by atoms with van der Waals surface area (Å²) in [5, 5.41) is 11.7. The van der Waals surface area contributed by atoms with Gasteiger partial charge in [0.15, 0.2) is 0 Å². The average molecular weight is 159 g/mol. The summed E-state index contributed by atoms with van der Waals surface area (Å²) >= 11 is 0. The molecule has 0 aliphatic heterocycles. The Morgan fingerprint density at radius 1 is 1.64 bits per heavy atom. The van der Waals surface area contributed by atoms with E-state index in [1.165, 1.54) is 6.92 Å². The van der Waals surface area contributed by atoms with Crippen LogP contribution >= 0.6 is 0 Å². The first-order chi connectivity index (χ1) is 4.92. The summed E-state index contributed by atoms with van der Waals surface area (Å²) in [7, 11) is 0. The molecule has 11 heavy (non-hydrogen) atoms. The van der Waals surface area contributed by atoms with Crippen molar-refractivity contribution in [2.45, 2.75) is 33.2 Å². The fourth-order valence-electron chi connectivity index (χ4n) is 0.769. The van der Waals surface area contributed by atoms with Crippen molar-refractivity contribution in [2.24, 2.45) is 5.92 Å². The molecular formula is C8H17NO2. The maximum Gasteiger partial charge on any atom is 0.217 e. The van der Waals surface area contributed by atoms with Gasteiger partial charge in [0.05, 0.1) is 12.1 Å². The second-order valence-corrected chi connectivity index (χ2v) is 3.41. The van der Waals surface area contributed by atoms with Crippen LogP contribution in [-0.4, -0.2) is 23.2 Å². The number of aliphatic hydroxyl groups excluding tert-OH is 1. The van der Waals surface area contributed by atoms with Gasteiger partial charge in [-0.1, -0.05) is 13.8 Å². The Morgan fingerprint density at radius 3 is 2.18 bits per heavy atom. The zero-order chi connectivity index (χ0) is 9.07. The van der Waals surface area contributed by atoms with E-state index in [1.54, 1.807) is 0 Å². The number of carbonyl (C=O) groups excluding carboxylic acids is 1. The van der Waals surface area contributed by atoms with Crippen LogP contribution in [0.1, 0.15) is 27.7 Å². The van der Waals surface area contributed by atoms with Crippen molar-refractivity contribution in [3.63, 3.8) is 0 Å². The second-order valence-electron chi connectivity index (χ2n) is 3.41. The smallest absolute Gasteiger partial charge is 0.217 e. The highest BCUT2D eigenvalue weighted by molar-refractivity contribution is 5.73. The molecule has 0 saturated heterocycles. The maximum absolute atomic E-state index is 10.7. The Kier molecular flexibility index (Phi) is 3.52. The molecule has 3 heteroatoms. The summed E-state index contributed by atoms with van der Waals surface area (Å²) in [6.45, 7) is 7.19. The summed E-state index contributed by atoms with van der Waals surface area (Å²) in [5.74, 6) is 0.131. The lowest BCUT2D eigenvalue weighted by molar-refractivity contribution is -0.121. The quantitative estimate of drug-likeness (QED) is 0.631. The van der Waals surface area contributed by atoms with Gasteiger partial charge >= 0.3 is 0 Å². The Morgan fingerprint density at radius 2 is 2.09 bits per heavy atom. The van der Waals surface area contributed by atoms with Gasteiger partial charge in [-0.05, 0) is 12.8 Å². The van der Waals surface area contributed by atoms with E-state index in [2.05, 4.69) is 5.32 Å². The highest BCUT2D eigenvalue weighted by atomic mass is 16.3. The van der Waals surface area contributed by atoms with Crippen LogP contribution in [-0.2, 0) is 4.79 Å². The molecule has 0 bridgehead atoms. The SMILES string of the molecule is CC(=O)NC(C)(CO)C(C)C. The minimum Gasteiger partial charge on any atom is -0.394 e. The van der Waals surface area contributed by atoms with E-state index in [-0.39, 0.29) is 18.4 Å². The number of rotatable bonds is 3. The number of carbonyl (C=O) groups is 1. The Bertz CT molecular complexity index is 145. The van der Waals surface area contributed by atoms with Crippen LogP contribution in [0.2, 0.25) is 0 Å². The molecule has 1 atom stereocenters. The first-order valence-corrected chi connectivity index (χ1v) is 3.82. The van der Waals surface area contributed by atoms with Gasteiger partial charge in [0, 0.05) is 6.92 Å². The first kappa shape index (κ1) is 10.4. The minimum atomic E-state index is -0.480. The lowest BCUT2D eigenvalue weighted by atomic mass is 9.89. The van der Waals surface area contributed by atoms with Gasteiger partial charge in [-0.2, -0.15) is 0 Å². The van der Waals surface area contributed by atoms with Crippen LogP contribution in [0.15, 0.2) is 0 Å². The molecule has 0 aliphatic rings. The van der Waals surface area contributed by atoms with Crippen LogP contribution in [0.25, 0.3) is 0 Å². The molecule has 0 fully saturated rings. The van der Waals surface area contributed by atoms with Crippen molar-refractivity contribution in [3.8, 4) is 0 Å². The molecule has 0 spiro atoms. The number of hydrogen-bond acceptors (Lipinski definition) is 2. The molecule has 0 saturated carbocycles. The summed E-state index contributed by atoms with van der Waals surface area (Å²) in [5.41, 5.74) is -0.480. The molecule has 2 N–H and O–H groups in total. The Balaban J connectivity index is 4.22. The molecule has 1 unspecified atom stereocenters. The number of aliphatic hydroxyl groups is 1. The average Bonchev–Trinajstić information content (AvgIpc) is 1.86. The van der Waals surface area contributed by atoms with Crippen molar-refractivity contribution in [3.05, 3.63) is 0 Å². The minimum absolute atomic E-state index is 0.0236. The molecule has 66 valence electrons. The van der Waals surface area contributed by atoms with Crippen molar-refractivity contribution >= 4 is 5.91 Å². The van der Waals surface area contributed by atoms with E-state index in [1.807, 2.05) is 20.8 Å². The number of amides is 1. The fourth-order valence-corrected chi connectivity index (χ4v) is 0.769. The predicted molar refractivity (Wildman–Crippen MR) is 44.1 cm³/mol. The molecule has 0 radical (unpaired) electrons. The van der Waals surface area contributed by atoms with Crippen LogP contribution in [0.5, 0.6) is 0 Å². The van der Waals surface area contributed by atoms with E-state index in [9.17, 15) is 4.79 Å².